The standard InChI is InChI=1S/C9H6ClF5O/c10-8(11,12)7(16,9(13,14)15)6-4-2-1-3-5-6/h1-5,16H. The van der Waals surface area contributed by atoms with Gasteiger partial charge in [-0.15, -0.1) is 0 Å². The monoisotopic (exact) mass is 260 g/mol. The van der Waals surface area contributed by atoms with Crippen LogP contribution in [0.5, 0.6) is 0 Å². The van der Waals surface area contributed by atoms with Crippen LogP contribution in [0, 0.1) is 0 Å². The maximum Gasteiger partial charge on any atom is 0.428 e. The summed E-state index contributed by atoms with van der Waals surface area (Å²) >= 11 is 4.36. The number of aliphatic hydroxyl groups is 1. The Bertz CT molecular complexity index is 342. The lowest BCUT2D eigenvalue weighted by Gasteiger charge is -2.33. The van der Waals surface area contributed by atoms with E-state index < -0.39 is 22.7 Å². The summed E-state index contributed by atoms with van der Waals surface area (Å²) in [5, 5.41) is 4.29. The van der Waals surface area contributed by atoms with Gasteiger partial charge in [0.2, 0.25) is 0 Å². The fourth-order valence-corrected chi connectivity index (χ4v) is 1.38. The van der Waals surface area contributed by atoms with Gasteiger partial charge in [-0.3, -0.25) is 0 Å². The zero-order valence-electron chi connectivity index (χ0n) is 7.60. The molecule has 0 heterocycles. The largest absolute Gasteiger partial charge is 0.428 e. The van der Waals surface area contributed by atoms with E-state index >= 15 is 0 Å². The molecule has 1 nitrogen and oxygen atoms in total. The van der Waals surface area contributed by atoms with E-state index in [-0.39, 0.29) is 0 Å². The summed E-state index contributed by atoms with van der Waals surface area (Å²) in [6.07, 6.45) is -5.58. The van der Waals surface area contributed by atoms with Crippen LogP contribution in [0.2, 0.25) is 0 Å². The molecule has 0 spiro atoms. The van der Waals surface area contributed by atoms with E-state index in [9.17, 15) is 22.0 Å². The van der Waals surface area contributed by atoms with Crippen molar-refractivity contribution in [1.29, 1.82) is 0 Å². The first-order valence-electron chi connectivity index (χ1n) is 4.02. The van der Waals surface area contributed by atoms with Crippen LogP contribution in [-0.4, -0.2) is 16.7 Å². The topological polar surface area (TPSA) is 20.2 Å². The van der Waals surface area contributed by atoms with Gasteiger partial charge in [0.25, 0.3) is 5.60 Å². The number of hydrogen-bond donors (Lipinski definition) is 1. The summed E-state index contributed by atoms with van der Waals surface area (Å²) < 4.78 is 62.9. The van der Waals surface area contributed by atoms with Crippen LogP contribution in [0.25, 0.3) is 0 Å². The van der Waals surface area contributed by atoms with Gasteiger partial charge in [0.1, 0.15) is 0 Å². The van der Waals surface area contributed by atoms with E-state index in [4.69, 9.17) is 5.11 Å². The van der Waals surface area contributed by atoms with Gasteiger partial charge in [0.15, 0.2) is 0 Å². The number of halogens is 6. The molecule has 90 valence electrons. The molecule has 1 atom stereocenters. The summed E-state index contributed by atoms with van der Waals surface area (Å²) in [6.45, 7) is 0. The van der Waals surface area contributed by atoms with Gasteiger partial charge in [0, 0.05) is 5.56 Å². The number of alkyl halides is 6. The van der Waals surface area contributed by atoms with Crippen molar-refractivity contribution in [2.45, 2.75) is 17.2 Å². The van der Waals surface area contributed by atoms with Crippen LogP contribution >= 0.6 is 11.6 Å². The Kier molecular flexibility index (Phi) is 3.17. The van der Waals surface area contributed by atoms with Crippen LogP contribution in [0.4, 0.5) is 22.0 Å². The fraction of sp³-hybridized carbons (Fsp3) is 0.333. The quantitative estimate of drug-likeness (QED) is 0.639. The SMILES string of the molecule is OC(c1ccccc1)(C(F)(F)F)C(F)(F)Cl. The molecule has 7 heteroatoms. The minimum atomic E-state index is -5.58. The molecule has 1 N–H and O–H groups in total. The predicted octanol–water partition coefficient (Wildman–Crippen LogP) is 3.27. The van der Waals surface area contributed by atoms with Gasteiger partial charge in [-0.2, -0.15) is 22.0 Å². The minimum Gasteiger partial charge on any atom is -0.371 e. The van der Waals surface area contributed by atoms with Crippen molar-refractivity contribution in [3.05, 3.63) is 35.9 Å². The van der Waals surface area contributed by atoms with Crippen molar-refractivity contribution < 1.29 is 27.1 Å². The highest BCUT2D eigenvalue weighted by Crippen LogP contribution is 2.50. The molecule has 0 bridgehead atoms. The summed E-state index contributed by atoms with van der Waals surface area (Å²) in [5.41, 5.74) is -5.41. The van der Waals surface area contributed by atoms with Gasteiger partial charge in [0.05, 0.1) is 0 Å². The second-order valence-electron chi connectivity index (χ2n) is 3.07. The number of hydrogen-bond acceptors (Lipinski definition) is 1. The van der Waals surface area contributed by atoms with Crippen molar-refractivity contribution in [3.8, 4) is 0 Å². The lowest BCUT2D eigenvalue weighted by atomic mass is 9.93. The number of benzene rings is 1. The molecule has 1 rings (SSSR count). The highest BCUT2D eigenvalue weighted by Gasteiger charge is 2.69. The Morgan fingerprint density at radius 2 is 1.38 bits per heavy atom. The van der Waals surface area contributed by atoms with Crippen molar-refractivity contribution in [3.63, 3.8) is 0 Å². The third kappa shape index (κ3) is 1.99. The summed E-state index contributed by atoms with van der Waals surface area (Å²) in [7, 11) is 0. The molecule has 0 radical (unpaired) electrons. The maximum atomic E-state index is 12.7. The molecule has 0 saturated carbocycles. The molecule has 0 aliphatic heterocycles. The third-order valence-electron chi connectivity index (χ3n) is 2.01. The Morgan fingerprint density at radius 3 is 1.69 bits per heavy atom. The Balaban J connectivity index is 3.39. The van der Waals surface area contributed by atoms with Crippen LogP contribution < -0.4 is 0 Å². The first-order valence-corrected chi connectivity index (χ1v) is 4.40. The molecule has 0 fully saturated rings. The van der Waals surface area contributed by atoms with Gasteiger partial charge in [-0.25, -0.2) is 0 Å². The van der Waals surface area contributed by atoms with Crippen LogP contribution in [0.3, 0.4) is 0 Å². The molecule has 1 aromatic rings. The smallest absolute Gasteiger partial charge is 0.371 e. The molecule has 1 aromatic carbocycles. The average molecular weight is 261 g/mol. The lowest BCUT2D eigenvalue weighted by molar-refractivity contribution is -0.317. The molecule has 1 unspecified atom stereocenters. The molecule has 0 saturated heterocycles. The minimum absolute atomic E-state index is 0.726. The third-order valence-corrected chi connectivity index (χ3v) is 2.29. The van der Waals surface area contributed by atoms with Crippen molar-refractivity contribution in [1.82, 2.24) is 0 Å². The molecule has 0 aromatic heterocycles. The van der Waals surface area contributed by atoms with Crippen molar-refractivity contribution >= 4 is 11.6 Å². The van der Waals surface area contributed by atoms with E-state index in [0.29, 0.717) is 0 Å². The molecule has 0 aliphatic carbocycles. The predicted molar refractivity (Wildman–Crippen MR) is 47.2 cm³/mol. The van der Waals surface area contributed by atoms with Crippen molar-refractivity contribution in [2.24, 2.45) is 0 Å². The zero-order chi connectivity index (χ0) is 12.6. The van der Waals surface area contributed by atoms with Gasteiger partial charge in [-0.05, 0) is 11.6 Å². The highest BCUT2D eigenvalue weighted by atomic mass is 35.5. The molecule has 16 heavy (non-hydrogen) atoms. The first kappa shape index (κ1) is 13.2. The van der Waals surface area contributed by atoms with E-state index in [1.165, 1.54) is 6.07 Å². The second-order valence-corrected chi connectivity index (χ2v) is 3.55. The molecular formula is C9H6ClF5O. The molecular weight excluding hydrogens is 255 g/mol. The number of rotatable bonds is 2. The Morgan fingerprint density at radius 1 is 0.938 bits per heavy atom. The van der Waals surface area contributed by atoms with E-state index in [1.54, 1.807) is 0 Å². The van der Waals surface area contributed by atoms with Crippen molar-refractivity contribution in [2.75, 3.05) is 0 Å². The summed E-state index contributed by atoms with van der Waals surface area (Å²) in [6, 6.07) is 4.96. The second kappa shape index (κ2) is 3.85. The van der Waals surface area contributed by atoms with Crippen LogP contribution in [0.15, 0.2) is 30.3 Å². The van der Waals surface area contributed by atoms with Gasteiger partial charge < -0.3 is 5.11 Å². The van der Waals surface area contributed by atoms with Gasteiger partial charge >= 0.3 is 11.6 Å². The highest BCUT2D eigenvalue weighted by molar-refractivity contribution is 6.22. The average Bonchev–Trinajstić information content (AvgIpc) is 2.14. The molecule has 0 amide bonds. The maximum absolute atomic E-state index is 12.7. The molecule has 0 aliphatic rings. The van der Waals surface area contributed by atoms with E-state index in [1.807, 2.05) is 0 Å². The first-order chi connectivity index (χ1) is 7.11. The zero-order valence-corrected chi connectivity index (χ0v) is 8.36. The summed E-state index contributed by atoms with van der Waals surface area (Å²) in [4.78, 5) is 0. The van der Waals surface area contributed by atoms with E-state index in [0.717, 1.165) is 24.3 Å². The lowest BCUT2D eigenvalue weighted by Crippen LogP contribution is -2.53. The normalized spacial score (nSPS) is 16.9. The summed E-state index contributed by atoms with van der Waals surface area (Å²) in [5.74, 6) is 0. The van der Waals surface area contributed by atoms with E-state index in [2.05, 4.69) is 11.6 Å². The fourth-order valence-electron chi connectivity index (χ4n) is 1.17. The Hall–Kier alpha value is -0.880. The van der Waals surface area contributed by atoms with Crippen LogP contribution in [-0.2, 0) is 5.60 Å². The van der Waals surface area contributed by atoms with Crippen LogP contribution in [0.1, 0.15) is 5.56 Å². The Labute approximate surface area is 92.5 Å². The van der Waals surface area contributed by atoms with Gasteiger partial charge in [-0.1, -0.05) is 30.3 Å².